The molecule has 1 saturated carbocycles. The molecular formula is C22H20ClFN6O3. The molecular weight excluding hydrogens is 451 g/mol. The minimum Gasteiger partial charge on any atom is -0.340 e. The Hall–Kier alpha value is -3.53. The molecule has 3 aromatic rings. The number of nitrogens with one attached hydrogen (secondary N) is 3. The second kappa shape index (κ2) is 7.80. The molecule has 0 unspecified atom stereocenters. The third kappa shape index (κ3) is 3.60. The van der Waals surface area contributed by atoms with E-state index in [4.69, 9.17) is 11.6 Å². The fraction of sp³-hybridized carbons (Fsp3) is 0.318. The molecule has 0 spiro atoms. The second-order valence-electron chi connectivity index (χ2n) is 8.36. The number of anilines is 1. The Labute approximate surface area is 192 Å². The quantitative estimate of drug-likeness (QED) is 0.378. The Balaban J connectivity index is 1.44. The largest absolute Gasteiger partial charge is 0.340 e. The lowest BCUT2D eigenvalue weighted by atomic mass is 10.0. The molecule has 1 aliphatic heterocycles. The van der Waals surface area contributed by atoms with Crippen LogP contribution in [0.5, 0.6) is 0 Å². The van der Waals surface area contributed by atoms with Crippen LogP contribution >= 0.6 is 11.6 Å². The second-order valence-corrected chi connectivity index (χ2v) is 8.80. The van der Waals surface area contributed by atoms with E-state index in [0.717, 1.165) is 12.5 Å². The van der Waals surface area contributed by atoms with Gasteiger partial charge in [0.2, 0.25) is 0 Å². The van der Waals surface area contributed by atoms with E-state index in [0.29, 0.717) is 42.8 Å². The van der Waals surface area contributed by atoms with Crippen molar-refractivity contribution < 1.29 is 18.8 Å². The first kappa shape index (κ1) is 21.3. The van der Waals surface area contributed by atoms with Gasteiger partial charge in [-0.2, -0.15) is 0 Å². The van der Waals surface area contributed by atoms with Crippen LogP contribution in [0.1, 0.15) is 57.1 Å². The summed E-state index contributed by atoms with van der Waals surface area (Å²) < 4.78 is 15.9. The molecule has 1 fully saturated rings. The van der Waals surface area contributed by atoms with Gasteiger partial charge in [0.05, 0.1) is 28.7 Å². The Morgan fingerprint density at radius 2 is 2.06 bits per heavy atom. The molecule has 1 aromatic carbocycles. The number of aromatic nitrogens is 4. The maximum Gasteiger partial charge on any atom is 0.293 e. The summed E-state index contributed by atoms with van der Waals surface area (Å²) in [4.78, 5) is 39.2. The summed E-state index contributed by atoms with van der Waals surface area (Å²) in [6.45, 7) is 2.15. The van der Waals surface area contributed by atoms with Gasteiger partial charge in [0.25, 0.3) is 17.6 Å². The van der Waals surface area contributed by atoms with Crippen molar-refractivity contribution in [2.24, 2.45) is 0 Å². The smallest absolute Gasteiger partial charge is 0.293 e. The number of aromatic amines is 1. The van der Waals surface area contributed by atoms with Crippen LogP contribution in [-0.4, -0.2) is 37.6 Å². The molecule has 0 saturated heterocycles. The number of halogens is 2. The van der Waals surface area contributed by atoms with Crippen molar-refractivity contribution in [3.63, 3.8) is 0 Å². The normalized spacial score (nSPS) is 15.7. The third-order valence-corrected chi connectivity index (χ3v) is 6.50. The summed E-state index contributed by atoms with van der Waals surface area (Å²) in [6.07, 6.45) is 4.15. The zero-order valence-electron chi connectivity index (χ0n) is 17.7. The van der Waals surface area contributed by atoms with Crippen molar-refractivity contribution in [2.45, 2.75) is 44.7 Å². The molecule has 2 amide bonds. The maximum absolute atomic E-state index is 14.1. The van der Waals surface area contributed by atoms with Crippen molar-refractivity contribution in [3.05, 3.63) is 63.4 Å². The summed E-state index contributed by atoms with van der Waals surface area (Å²) in [6, 6.07) is 3.86. The third-order valence-electron chi connectivity index (χ3n) is 6.27. The molecule has 1 aliphatic carbocycles. The van der Waals surface area contributed by atoms with Gasteiger partial charge in [0.1, 0.15) is 11.5 Å². The van der Waals surface area contributed by atoms with Crippen LogP contribution in [0.2, 0.25) is 5.02 Å². The summed E-state index contributed by atoms with van der Waals surface area (Å²) in [7, 11) is 0. The predicted octanol–water partition coefficient (Wildman–Crippen LogP) is 2.89. The molecule has 170 valence electrons. The number of benzene rings is 1. The molecule has 9 nitrogen and oxygen atoms in total. The first-order valence-corrected chi connectivity index (χ1v) is 10.9. The number of Topliss-reactive ketones (excluding diaryl/α,β-unsaturated/α-hetero) is 1. The summed E-state index contributed by atoms with van der Waals surface area (Å²) in [5.41, 5.74) is 1.39. The number of fused-ring (bicyclic) bond motifs is 1. The van der Waals surface area contributed by atoms with Crippen molar-refractivity contribution in [2.75, 3.05) is 5.32 Å². The zero-order valence-corrected chi connectivity index (χ0v) is 18.4. The fourth-order valence-electron chi connectivity index (χ4n) is 4.49. The van der Waals surface area contributed by atoms with E-state index in [-0.39, 0.29) is 22.0 Å². The van der Waals surface area contributed by atoms with Gasteiger partial charge in [-0.15, -0.1) is 5.10 Å². The van der Waals surface area contributed by atoms with E-state index in [9.17, 15) is 18.8 Å². The number of carbonyl (C=O) groups excluding carboxylic acids is 3. The number of ketones is 1. The van der Waals surface area contributed by atoms with E-state index >= 15 is 0 Å². The summed E-state index contributed by atoms with van der Waals surface area (Å²) >= 11 is 5.92. The first-order chi connectivity index (χ1) is 15.8. The van der Waals surface area contributed by atoms with Gasteiger partial charge < -0.3 is 15.2 Å². The van der Waals surface area contributed by atoms with Crippen molar-refractivity contribution in [1.29, 1.82) is 0 Å². The molecule has 0 radical (unpaired) electrons. The standard InChI is InChI=1S/C22H20ClFN6O3/c1-11-17(19(31)21(33)27-22(6-7-22)16-10-25-29-28-16)15-3-2-8-30(15)18(11)20(32)26-14-9-12(23)4-5-13(14)24/h4-5,9-10H,2-3,6-8H2,1H3,(H,26,32)(H,27,33)(H,25,28,29). The number of hydrogen-bond acceptors (Lipinski definition) is 5. The van der Waals surface area contributed by atoms with Gasteiger partial charge in [0, 0.05) is 17.3 Å². The first-order valence-electron chi connectivity index (χ1n) is 10.5. The molecule has 3 heterocycles. The van der Waals surface area contributed by atoms with E-state index in [1.54, 1.807) is 11.5 Å². The van der Waals surface area contributed by atoms with Gasteiger partial charge in [-0.25, -0.2) is 4.39 Å². The number of H-pyrrole nitrogens is 1. The summed E-state index contributed by atoms with van der Waals surface area (Å²) in [5.74, 6) is -2.65. The molecule has 0 bridgehead atoms. The van der Waals surface area contributed by atoms with Crippen LogP contribution < -0.4 is 10.6 Å². The van der Waals surface area contributed by atoms with E-state index in [2.05, 4.69) is 26.0 Å². The minimum absolute atomic E-state index is 0.0603. The van der Waals surface area contributed by atoms with Crippen LogP contribution in [0.4, 0.5) is 10.1 Å². The highest BCUT2D eigenvalue weighted by Crippen LogP contribution is 2.44. The highest BCUT2D eigenvalue weighted by Gasteiger charge is 2.48. The average Bonchev–Trinajstić information content (AvgIpc) is 3.14. The SMILES string of the molecule is Cc1c(C(=O)C(=O)NC2(c3cnn[nH]3)CC2)c2n(c1C(=O)Nc1cc(Cl)ccc1F)CCC2. The minimum atomic E-state index is -0.752. The maximum atomic E-state index is 14.1. The molecule has 33 heavy (non-hydrogen) atoms. The highest BCUT2D eigenvalue weighted by atomic mass is 35.5. The molecule has 2 aliphatic rings. The monoisotopic (exact) mass is 470 g/mol. The van der Waals surface area contributed by atoms with E-state index in [1.165, 1.54) is 18.3 Å². The lowest BCUT2D eigenvalue weighted by molar-refractivity contribution is -0.118. The van der Waals surface area contributed by atoms with Gasteiger partial charge in [-0.05, 0) is 56.4 Å². The van der Waals surface area contributed by atoms with Crippen LogP contribution in [-0.2, 0) is 23.3 Å². The van der Waals surface area contributed by atoms with Crippen LogP contribution in [0.25, 0.3) is 0 Å². The Kier molecular flexibility index (Phi) is 5.04. The van der Waals surface area contributed by atoms with E-state index in [1.807, 2.05) is 0 Å². The van der Waals surface area contributed by atoms with Gasteiger partial charge in [-0.1, -0.05) is 16.8 Å². The van der Waals surface area contributed by atoms with Crippen LogP contribution in [0.15, 0.2) is 24.4 Å². The number of carbonyl (C=O) groups is 3. The van der Waals surface area contributed by atoms with Crippen molar-refractivity contribution in [1.82, 2.24) is 25.3 Å². The lowest BCUT2D eigenvalue weighted by Gasteiger charge is -2.14. The van der Waals surface area contributed by atoms with Crippen LogP contribution in [0, 0.1) is 12.7 Å². The summed E-state index contributed by atoms with van der Waals surface area (Å²) in [5, 5.41) is 15.8. The van der Waals surface area contributed by atoms with Crippen LogP contribution in [0.3, 0.4) is 0 Å². The number of amides is 2. The van der Waals surface area contributed by atoms with Crippen molar-refractivity contribution >= 4 is 34.9 Å². The molecule has 3 N–H and O–H groups in total. The fourth-order valence-corrected chi connectivity index (χ4v) is 4.66. The van der Waals surface area contributed by atoms with Gasteiger partial charge in [-0.3, -0.25) is 19.5 Å². The Bertz CT molecular complexity index is 1300. The Morgan fingerprint density at radius 3 is 2.76 bits per heavy atom. The molecule has 0 atom stereocenters. The Morgan fingerprint density at radius 1 is 1.27 bits per heavy atom. The average molecular weight is 471 g/mol. The topological polar surface area (TPSA) is 122 Å². The lowest BCUT2D eigenvalue weighted by Crippen LogP contribution is -2.40. The highest BCUT2D eigenvalue weighted by molar-refractivity contribution is 6.44. The van der Waals surface area contributed by atoms with Gasteiger partial charge in [0.15, 0.2) is 0 Å². The molecule has 2 aromatic heterocycles. The predicted molar refractivity (Wildman–Crippen MR) is 117 cm³/mol. The van der Waals surface area contributed by atoms with Crippen molar-refractivity contribution in [3.8, 4) is 0 Å². The number of hydrogen-bond donors (Lipinski definition) is 3. The van der Waals surface area contributed by atoms with E-state index < -0.39 is 29.0 Å². The number of rotatable bonds is 6. The van der Waals surface area contributed by atoms with Gasteiger partial charge >= 0.3 is 0 Å². The molecule has 5 rings (SSSR count). The molecule has 11 heteroatoms. The number of nitrogens with zero attached hydrogens (tertiary/aromatic N) is 3. The zero-order chi connectivity index (χ0) is 23.3.